The predicted molar refractivity (Wildman–Crippen MR) is 74.9 cm³/mol. The fourth-order valence-electron chi connectivity index (χ4n) is 1.65. The lowest BCUT2D eigenvalue weighted by atomic mass is 9.92. The third-order valence-corrected chi connectivity index (χ3v) is 2.89. The summed E-state index contributed by atoms with van der Waals surface area (Å²) in [5, 5.41) is 13.3. The van der Waals surface area contributed by atoms with E-state index in [0.717, 1.165) is 24.3 Å². The molecule has 1 aromatic carbocycles. The van der Waals surface area contributed by atoms with E-state index in [4.69, 9.17) is 4.74 Å². The third-order valence-electron chi connectivity index (χ3n) is 2.89. The molecule has 1 atom stereocenters. The van der Waals surface area contributed by atoms with E-state index in [9.17, 15) is 5.11 Å². The summed E-state index contributed by atoms with van der Waals surface area (Å²) in [6, 6.07) is 7.53. The summed E-state index contributed by atoms with van der Waals surface area (Å²) in [5.41, 5.74) is 1.25. The first-order chi connectivity index (χ1) is 8.42. The fraction of sp³-hybridized carbons (Fsp3) is 0.600. The van der Waals surface area contributed by atoms with Crippen LogP contribution in [0.1, 0.15) is 38.9 Å². The molecular formula is C15H25NO2. The molecule has 0 bridgehead atoms. The number of hydrogen-bond acceptors (Lipinski definition) is 3. The summed E-state index contributed by atoms with van der Waals surface area (Å²) in [4.78, 5) is 0. The van der Waals surface area contributed by atoms with Crippen molar-refractivity contribution in [2.45, 2.75) is 33.3 Å². The Morgan fingerprint density at radius 2 is 1.83 bits per heavy atom. The van der Waals surface area contributed by atoms with Gasteiger partial charge in [0, 0.05) is 6.54 Å². The van der Waals surface area contributed by atoms with Crippen LogP contribution in [-0.4, -0.2) is 25.3 Å². The molecule has 1 aromatic rings. The summed E-state index contributed by atoms with van der Waals surface area (Å²) in [6.07, 6.45) is 0.637. The molecule has 0 aliphatic carbocycles. The summed E-state index contributed by atoms with van der Waals surface area (Å²) in [6.45, 7) is 8.16. The second kappa shape index (κ2) is 6.76. The van der Waals surface area contributed by atoms with Gasteiger partial charge in [-0.25, -0.2) is 0 Å². The van der Waals surface area contributed by atoms with Crippen LogP contribution in [-0.2, 0) is 0 Å². The monoisotopic (exact) mass is 251 g/mol. The van der Waals surface area contributed by atoms with Crippen molar-refractivity contribution in [3.63, 3.8) is 0 Å². The zero-order valence-electron chi connectivity index (χ0n) is 11.9. The van der Waals surface area contributed by atoms with Crippen LogP contribution in [0.4, 0.5) is 0 Å². The van der Waals surface area contributed by atoms with Crippen molar-refractivity contribution >= 4 is 0 Å². The van der Waals surface area contributed by atoms with E-state index < -0.39 is 6.10 Å². The summed E-state index contributed by atoms with van der Waals surface area (Å²) >= 11 is 0. The van der Waals surface area contributed by atoms with E-state index >= 15 is 0 Å². The molecule has 0 aromatic heterocycles. The van der Waals surface area contributed by atoms with Crippen LogP contribution >= 0.6 is 0 Å². The van der Waals surface area contributed by atoms with Crippen molar-refractivity contribution in [2.75, 3.05) is 20.2 Å². The van der Waals surface area contributed by atoms with Gasteiger partial charge in [0.2, 0.25) is 0 Å². The van der Waals surface area contributed by atoms with E-state index in [1.165, 1.54) is 0 Å². The highest BCUT2D eigenvalue weighted by atomic mass is 16.5. The quantitative estimate of drug-likeness (QED) is 0.764. The van der Waals surface area contributed by atoms with Gasteiger partial charge in [0.25, 0.3) is 0 Å². The summed E-state index contributed by atoms with van der Waals surface area (Å²) in [5.74, 6) is 0.812. The molecule has 2 N–H and O–H groups in total. The van der Waals surface area contributed by atoms with Crippen LogP contribution in [0.2, 0.25) is 0 Å². The standard InChI is InChI=1S/C15H25NO2/c1-15(2,3)9-10-16-11-14(17)12-5-7-13(18-4)8-6-12/h5-8,14,16-17H,9-11H2,1-4H3. The molecule has 0 aliphatic rings. The number of rotatable bonds is 6. The average molecular weight is 251 g/mol. The Morgan fingerprint density at radius 1 is 1.22 bits per heavy atom. The Labute approximate surface area is 110 Å². The van der Waals surface area contributed by atoms with Crippen LogP contribution in [0.15, 0.2) is 24.3 Å². The van der Waals surface area contributed by atoms with Gasteiger partial charge in [-0.15, -0.1) is 0 Å². The molecule has 102 valence electrons. The number of aliphatic hydroxyl groups excluding tert-OH is 1. The normalized spacial score (nSPS) is 13.4. The van der Waals surface area contributed by atoms with Crippen molar-refractivity contribution in [1.29, 1.82) is 0 Å². The van der Waals surface area contributed by atoms with Gasteiger partial charge in [-0.1, -0.05) is 32.9 Å². The smallest absolute Gasteiger partial charge is 0.118 e. The van der Waals surface area contributed by atoms with Gasteiger partial charge in [0.1, 0.15) is 5.75 Å². The molecule has 3 nitrogen and oxygen atoms in total. The topological polar surface area (TPSA) is 41.5 Å². The minimum absolute atomic E-state index is 0.331. The molecule has 3 heteroatoms. The molecule has 0 amide bonds. The van der Waals surface area contributed by atoms with Gasteiger partial charge in [-0.2, -0.15) is 0 Å². The van der Waals surface area contributed by atoms with E-state index in [-0.39, 0.29) is 0 Å². The third kappa shape index (κ3) is 5.52. The molecule has 0 heterocycles. The number of ether oxygens (including phenoxy) is 1. The number of aliphatic hydroxyl groups is 1. The first kappa shape index (κ1) is 15.0. The highest BCUT2D eigenvalue weighted by Gasteiger charge is 2.11. The molecule has 0 saturated carbocycles. The zero-order chi connectivity index (χ0) is 13.6. The van der Waals surface area contributed by atoms with Crippen LogP contribution < -0.4 is 10.1 Å². The first-order valence-corrected chi connectivity index (χ1v) is 6.45. The molecule has 1 unspecified atom stereocenters. The highest BCUT2D eigenvalue weighted by molar-refractivity contribution is 5.28. The van der Waals surface area contributed by atoms with Crippen LogP contribution in [0, 0.1) is 5.41 Å². The Morgan fingerprint density at radius 3 is 2.33 bits per heavy atom. The van der Waals surface area contributed by atoms with E-state index in [0.29, 0.717) is 12.0 Å². The summed E-state index contributed by atoms with van der Waals surface area (Å²) in [7, 11) is 1.64. The molecular weight excluding hydrogens is 226 g/mol. The lowest BCUT2D eigenvalue weighted by Gasteiger charge is -2.19. The van der Waals surface area contributed by atoms with Crippen molar-refractivity contribution < 1.29 is 9.84 Å². The van der Waals surface area contributed by atoms with E-state index in [1.54, 1.807) is 7.11 Å². The maximum atomic E-state index is 10.0. The van der Waals surface area contributed by atoms with Gasteiger partial charge in [0.15, 0.2) is 0 Å². The number of methoxy groups -OCH3 is 1. The second-order valence-electron chi connectivity index (χ2n) is 5.80. The largest absolute Gasteiger partial charge is 0.497 e. The minimum Gasteiger partial charge on any atom is -0.497 e. The molecule has 18 heavy (non-hydrogen) atoms. The fourth-order valence-corrected chi connectivity index (χ4v) is 1.65. The molecule has 0 fully saturated rings. The van der Waals surface area contributed by atoms with Crippen LogP contribution in [0.3, 0.4) is 0 Å². The second-order valence-corrected chi connectivity index (χ2v) is 5.80. The Kier molecular flexibility index (Phi) is 5.63. The molecule has 0 saturated heterocycles. The minimum atomic E-state index is -0.462. The van der Waals surface area contributed by atoms with Crippen LogP contribution in [0.5, 0.6) is 5.75 Å². The Bertz CT molecular complexity index is 341. The maximum Gasteiger partial charge on any atom is 0.118 e. The van der Waals surface area contributed by atoms with E-state index in [2.05, 4.69) is 26.1 Å². The lowest BCUT2D eigenvalue weighted by molar-refractivity contribution is 0.173. The maximum absolute atomic E-state index is 10.0. The van der Waals surface area contributed by atoms with Gasteiger partial charge in [0.05, 0.1) is 13.2 Å². The molecule has 0 radical (unpaired) electrons. The van der Waals surface area contributed by atoms with Gasteiger partial charge in [-0.05, 0) is 36.1 Å². The Balaban J connectivity index is 2.33. The van der Waals surface area contributed by atoms with Crippen molar-refractivity contribution in [3.8, 4) is 5.75 Å². The molecule has 0 spiro atoms. The SMILES string of the molecule is COc1ccc(C(O)CNCCC(C)(C)C)cc1. The van der Waals surface area contributed by atoms with Crippen LogP contribution in [0.25, 0.3) is 0 Å². The average Bonchev–Trinajstić information content (AvgIpc) is 2.33. The zero-order valence-corrected chi connectivity index (χ0v) is 11.9. The number of nitrogens with one attached hydrogen (secondary N) is 1. The van der Waals surface area contributed by atoms with Gasteiger partial charge in [-0.3, -0.25) is 0 Å². The van der Waals surface area contributed by atoms with E-state index in [1.807, 2.05) is 24.3 Å². The van der Waals surface area contributed by atoms with Crippen molar-refractivity contribution in [2.24, 2.45) is 5.41 Å². The Hall–Kier alpha value is -1.06. The predicted octanol–water partition coefficient (Wildman–Crippen LogP) is 2.75. The van der Waals surface area contributed by atoms with Gasteiger partial charge < -0.3 is 15.2 Å². The van der Waals surface area contributed by atoms with Crippen molar-refractivity contribution in [1.82, 2.24) is 5.32 Å². The first-order valence-electron chi connectivity index (χ1n) is 6.45. The number of benzene rings is 1. The van der Waals surface area contributed by atoms with Gasteiger partial charge >= 0.3 is 0 Å². The lowest BCUT2D eigenvalue weighted by Crippen LogP contribution is -2.25. The highest BCUT2D eigenvalue weighted by Crippen LogP contribution is 2.18. The molecule has 1 rings (SSSR count). The van der Waals surface area contributed by atoms with Crippen molar-refractivity contribution in [3.05, 3.63) is 29.8 Å². The molecule has 0 aliphatic heterocycles. The number of hydrogen-bond donors (Lipinski definition) is 2. The summed E-state index contributed by atoms with van der Waals surface area (Å²) < 4.78 is 5.09.